The highest BCUT2D eigenvalue weighted by atomic mass is 35.5. The topological polar surface area (TPSA) is 67.3 Å². The van der Waals surface area contributed by atoms with Crippen molar-refractivity contribution in [2.45, 2.75) is 51.7 Å². The third-order valence-electron chi connectivity index (χ3n) is 4.77. The maximum Gasteiger partial charge on any atom is 0.410 e. The second kappa shape index (κ2) is 7.13. The maximum absolute atomic E-state index is 13.2. The molecular formula is C17H23ClF2N4O2. The van der Waals surface area contributed by atoms with E-state index in [1.54, 1.807) is 4.90 Å². The molecule has 0 spiro atoms. The van der Waals surface area contributed by atoms with Crippen molar-refractivity contribution in [2.24, 2.45) is 11.8 Å². The largest absolute Gasteiger partial charge is 0.444 e. The van der Waals surface area contributed by atoms with Gasteiger partial charge in [-0.25, -0.2) is 13.6 Å². The van der Waals surface area contributed by atoms with Gasteiger partial charge in [0.2, 0.25) is 0 Å². The lowest BCUT2D eigenvalue weighted by atomic mass is 10.0. The van der Waals surface area contributed by atoms with E-state index in [1.165, 1.54) is 0 Å². The summed E-state index contributed by atoms with van der Waals surface area (Å²) < 4.78 is 31.7. The van der Waals surface area contributed by atoms with Gasteiger partial charge in [0.1, 0.15) is 5.60 Å². The monoisotopic (exact) mass is 388 g/mol. The Morgan fingerprint density at radius 3 is 2.46 bits per heavy atom. The molecule has 1 saturated carbocycles. The molecule has 0 bridgehead atoms. The van der Waals surface area contributed by atoms with Gasteiger partial charge in [-0.2, -0.15) is 0 Å². The second-order valence-electron chi connectivity index (χ2n) is 7.99. The minimum absolute atomic E-state index is 0.0266. The molecule has 2 fully saturated rings. The van der Waals surface area contributed by atoms with Gasteiger partial charge in [0.25, 0.3) is 6.43 Å². The van der Waals surface area contributed by atoms with Crippen molar-refractivity contribution >= 4 is 23.5 Å². The molecule has 3 rings (SSSR count). The molecule has 1 unspecified atom stereocenters. The van der Waals surface area contributed by atoms with E-state index in [1.807, 2.05) is 20.8 Å². The van der Waals surface area contributed by atoms with Crippen molar-refractivity contribution in [3.05, 3.63) is 16.8 Å². The molecule has 1 saturated heterocycles. The van der Waals surface area contributed by atoms with Gasteiger partial charge in [0.05, 0.1) is 5.56 Å². The molecule has 1 aliphatic carbocycles. The van der Waals surface area contributed by atoms with E-state index in [2.05, 4.69) is 15.5 Å². The van der Waals surface area contributed by atoms with Crippen LogP contribution in [0.25, 0.3) is 0 Å². The van der Waals surface area contributed by atoms with E-state index in [9.17, 15) is 13.6 Å². The number of nitrogens with zero attached hydrogens (tertiary/aromatic N) is 3. The van der Waals surface area contributed by atoms with Gasteiger partial charge in [0.15, 0.2) is 11.0 Å². The van der Waals surface area contributed by atoms with Crippen molar-refractivity contribution in [2.75, 3.05) is 18.4 Å². The zero-order valence-corrected chi connectivity index (χ0v) is 15.8. The molecule has 1 amide bonds. The van der Waals surface area contributed by atoms with E-state index < -0.39 is 12.0 Å². The number of carbonyl (C=O) groups is 1. The number of fused-ring (bicyclic) bond motifs is 1. The molecule has 26 heavy (non-hydrogen) atoms. The van der Waals surface area contributed by atoms with Gasteiger partial charge in [-0.15, -0.1) is 10.2 Å². The van der Waals surface area contributed by atoms with Gasteiger partial charge in [-0.3, -0.25) is 0 Å². The van der Waals surface area contributed by atoms with Crippen LogP contribution < -0.4 is 5.32 Å². The lowest BCUT2D eigenvalue weighted by molar-refractivity contribution is 0.0280. The molecule has 1 aromatic heterocycles. The van der Waals surface area contributed by atoms with Crippen LogP contribution in [-0.4, -0.2) is 45.9 Å². The number of halogens is 3. The van der Waals surface area contributed by atoms with Gasteiger partial charge >= 0.3 is 6.09 Å². The van der Waals surface area contributed by atoms with Crippen molar-refractivity contribution < 1.29 is 18.3 Å². The molecule has 1 aliphatic heterocycles. The molecule has 1 aromatic rings. The smallest absolute Gasteiger partial charge is 0.410 e. The van der Waals surface area contributed by atoms with Crippen LogP contribution in [0.15, 0.2) is 6.07 Å². The van der Waals surface area contributed by atoms with Crippen LogP contribution in [0.4, 0.5) is 19.4 Å². The van der Waals surface area contributed by atoms with Crippen LogP contribution in [0.3, 0.4) is 0 Å². The van der Waals surface area contributed by atoms with Crippen LogP contribution in [-0.2, 0) is 4.74 Å². The minimum atomic E-state index is -2.67. The van der Waals surface area contributed by atoms with Crippen LogP contribution >= 0.6 is 11.6 Å². The summed E-state index contributed by atoms with van der Waals surface area (Å²) in [6, 6.07) is 1.17. The number of hydrogen-bond acceptors (Lipinski definition) is 5. The standard InChI is InChI=1S/C17H23ClF2N4O2/c1-17(2,3)26-16(25)24-7-9-4-11(5-10(9)8-24)21-15-12(14(19)20)6-13(18)22-23-15/h6,9-11,14H,4-5,7-8H2,1-3H3,(H,21,23)/t9-,10+,11?. The Morgan fingerprint density at radius 2 is 1.92 bits per heavy atom. The molecule has 0 radical (unpaired) electrons. The van der Waals surface area contributed by atoms with Gasteiger partial charge < -0.3 is 15.0 Å². The Balaban J connectivity index is 1.58. The first-order valence-corrected chi connectivity index (χ1v) is 9.06. The summed E-state index contributed by atoms with van der Waals surface area (Å²) in [5.41, 5.74) is -0.755. The number of carbonyl (C=O) groups excluding carboxylic acids is 1. The fraction of sp³-hybridized carbons (Fsp3) is 0.706. The number of nitrogens with one attached hydrogen (secondary N) is 1. The van der Waals surface area contributed by atoms with Crippen molar-refractivity contribution in [3.63, 3.8) is 0 Å². The summed E-state index contributed by atoms with van der Waals surface area (Å²) in [6.45, 7) is 6.79. The average Bonchev–Trinajstić information content (AvgIpc) is 3.05. The van der Waals surface area contributed by atoms with Gasteiger partial charge in [0, 0.05) is 19.1 Å². The lowest BCUT2D eigenvalue weighted by Gasteiger charge is -2.25. The van der Waals surface area contributed by atoms with Crippen LogP contribution in [0.1, 0.15) is 45.6 Å². The van der Waals surface area contributed by atoms with E-state index in [0.717, 1.165) is 18.9 Å². The number of hydrogen-bond donors (Lipinski definition) is 1. The van der Waals surface area contributed by atoms with E-state index in [0.29, 0.717) is 24.9 Å². The van der Waals surface area contributed by atoms with Crippen LogP contribution in [0.2, 0.25) is 5.15 Å². The summed E-state index contributed by atoms with van der Waals surface area (Å²) in [7, 11) is 0. The van der Waals surface area contributed by atoms with Crippen LogP contribution in [0, 0.1) is 11.8 Å². The molecule has 3 atom stereocenters. The number of rotatable bonds is 3. The summed E-state index contributed by atoms with van der Waals surface area (Å²) in [5.74, 6) is 0.740. The first kappa shape index (κ1) is 19.1. The summed E-state index contributed by atoms with van der Waals surface area (Å²) in [4.78, 5) is 13.9. The molecule has 0 aromatic carbocycles. The van der Waals surface area contributed by atoms with Crippen molar-refractivity contribution in [1.29, 1.82) is 0 Å². The number of aromatic nitrogens is 2. The average molecular weight is 389 g/mol. The summed E-state index contributed by atoms with van der Waals surface area (Å²) >= 11 is 5.66. The fourth-order valence-corrected chi connectivity index (χ4v) is 3.90. The Morgan fingerprint density at radius 1 is 1.31 bits per heavy atom. The van der Waals surface area contributed by atoms with E-state index in [4.69, 9.17) is 16.3 Å². The highest BCUT2D eigenvalue weighted by Gasteiger charge is 2.43. The van der Waals surface area contributed by atoms with Gasteiger partial charge in [-0.05, 0) is 51.5 Å². The zero-order chi connectivity index (χ0) is 19.1. The number of anilines is 1. The number of amides is 1. The molecule has 6 nitrogen and oxygen atoms in total. The Bertz CT molecular complexity index is 669. The quantitative estimate of drug-likeness (QED) is 0.843. The Hall–Kier alpha value is -1.70. The van der Waals surface area contributed by atoms with Crippen molar-refractivity contribution in [1.82, 2.24) is 15.1 Å². The Labute approximate surface area is 156 Å². The molecule has 2 aliphatic rings. The number of ether oxygens (including phenoxy) is 1. The number of likely N-dealkylation sites (tertiary alicyclic amines) is 1. The first-order chi connectivity index (χ1) is 12.1. The lowest BCUT2D eigenvalue weighted by Crippen LogP contribution is -2.36. The SMILES string of the molecule is CC(C)(C)OC(=O)N1C[C@H]2CC(Nc3nnc(Cl)cc3C(F)F)C[C@H]2C1. The van der Waals surface area contributed by atoms with E-state index >= 15 is 0 Å². The normalized spacial score (nSPS) is 25.5. The fourth-order valence-electron chi connectivity index (χ4n) is 3.75. The molecule has 1 N–H and O–H groups in total. The van der Waals surface area contributed by atoms with E-state index in [-0.39, 0.29) is 28.7 Å². The third-order valence-corrected chi connectivity index (χ3v) is 4.96. The molecule has 9 heteroatoms. The highest BCUT2D eigenvalue weighted by molar-refractivity contribution is 6.29. The highest BCUT2D eigenvalue weighted by Crippen LogP contribution is 2.40. The Kier molecular flexibility index (Phi) is 5.23. The summed E-state index contributed by atoms with van der Waals surface area (Å²) in [6.07, 6.45) is -1.39. The van der Waals surface area contributed by atoms with Crippen molar-refractivity contribution in [3.8, 4) is 0 Å². The number of alkyl halides is 2. The molecular weight excluding hydrogens is 366 g/mol. The molecule has 2 heterocycles. The predicted molar refractivity (Wildman–Crippen MR) is 93.4 cm³/mol. The second-order valence-corrected chi connectivity index (χ2v) is 8.38. The summed E-state index contributed by atoms with van der Waals surface area (Å²) in [5, 5.41) is 10.5. The maximum atomic E-state index is 13.2. The minimum Gasteiger partial charge on any atom is -0.444 e. The first-order valence-electron chi connectivity index (χ1n) is 8.68. The molecule has 144 valence electrons. The van der Waals surface area contributed by atoms with Crippen LogP contribution in [0.5, 0.6) is 0 Å². The third kappa shape index (κ3) is 4.34. The predicted octanol–water partition coefficient (Wildman–Crippen LogP) is 4.13. The zero-order valence-electron chi connectivity index (χ0n) is 15.0. The van der Waals surface area contributed by atoms with Gasteiger partial charge in [-0.1, -0.05) is 11.6 Å².